The summed E-state index contributed by atoms with van der Waals surface area (Å²) in [5.41, 5.74) is 6.39. The molecule has 0 aliphatic carbocycles. The van der Waals surface area contributed by atoms with E-state index in [0.717, 1.165) is 5.56 Å². The molecule has 476 valence electrons. The second-order valence-electron chi connectivity index (χ2n) is 22.6. The molecule has 0 heterocycles. The Morgan fingerprint density at radius 1 is 0.443 bits per heavy atom. The highest BCUT2D eigenvalue weighted by Gasteiger charge is 2.33. The summed E-state index contributed by atoms with van der Waals surface area (Å²) in [5.74, 6) is -6.70. The molecule has 25 heteroatoms. The number of nitrogens with one attached hydrogen (secondary N) is 8. The minimum Gasteiger partial charge on any atom is -0.508 e. The molecule has 0 aromatic heterocycles. The summed E-state index contributed by atoms with van der Waals surface area (Å²) in [7, 11) is 0. The molecule has 88 heavy (non-hydrogen) atoms. The zero-order valence-electron chi connectivity index (χ0n) is 50.6. The van der Waals surface area contributed by atoms with Crippen LogP contribution in [0.3, 0.4) is 0 Å². The molecule has 4 aromatic carbocycles. The number of esters is 2. The van der Waals surface area contributed by atoms with E-state index in [-0.39, 0.29) is 89.8 Å². The number of aromatic hydroxyl groups is 1. The third-order valence-corrected chi connectivity index (χ3v) is 12.6. The van der Waals surface area contributed by atoms with Gasteiger partial charge in [-0.1, -0.05) is 103 Å². The number of carbonyl (C=O) groups excluding carboxylic acids is 11. The van der Waals surface area contributed by atoms with Crippen molar-refractivity contribution in [2.24, 2.45) is 5.73 Å². The van der Waals surface area contributed by atoms with Gasteiger partial charge in [-0.05, 0) is 108 Å². The summed E-state index contributed by atoms with van der Waals surface area (Å²) in [4.78, 5) is 146. The van der Waals surface area contributed by atoms with Crippen LogP contribution in [0.4, 0.5) is 9.59 Å². The zero-order chi connectivity index (χ0) is 64.7. The molecule has 4 aromatic rings. The van der Waals surface area contributed by atoms with Crippen LogP contribution in [-0.4, -0.2) is 132 Å². The first-order chi connectivity index (χ1) is 41.7. The monoisotopic (exact) mass is 1220 g/mol. The Balaban J connectivity index is 1.34. The maximum absolute atomic E-state index is 14.0. The molecule has 0 radical (unpaired) electrons. The lowest BCUT2D eigenvalue weighted by Gasteiger charge is -2.26. The molecule has 0 aliphatic rings. The lowest BCUT2D eigenvalue weighted by atomic mass is 10.0. The average Bonchev–Trinajstić information content (AvgIpc) is 2.66. The van der Waals surface area contributed by atoms with Crippen LogP contribution in [0.2, 0.25) is 0 Å². The lowest BCUT2D eigenvalue weighted by molar-refractivity contribution is -0.156. The standard InChI is InChI=1S/C63H83N9O16/c1-62(2,3)87-53(76)37-50(59(82)69-48(55(64)78)35-41-19-10-7-11-20-41)70-57(80)47(71-60(83)86-40-44-23-14-9-15-24-44)26-18-34-66-52(75)28-16-27-51(74)65-33-17-25-46(56(79)67-38-54(77)85-39-43-21-12-8-13-22-43)68-58(81)49(72-61(84)88-63(4,5)6)36-42-29-31-45(73)32-30-42/h7-15,19-24,29-32,46-50,73H,16-18,25-28,33-40H2,1-6H3,(H2,64,78)(H,65,74)(H,66,75)(H,67,79)(H,68,81)(H,69,82)(H,70,80)(H,71,83)(H,72,84)/t46-,47-,48-,49-,50-/m0/s1. The predicted octanol–water partition coefficient (Wildman–Crippen LogP) is 3.86. The largest absolute Gasteiger partial charge is 0.508 e. The summed E-state index contributed by atoms with van der Waals surface area (Å²) >= 11 is 0. The molecule has 0 bridgehead atoms. The summed E-state index contributed by atoms with van der Waals surface area (Å²) in [6.07, 6.45) is -2.54. The summed E-state index contributed by atoms with van der Waals surface area (Å²) in [6.45, 7) is 9.11. The Labute approximate surface area is 512 Å². The molecule has 0 saturated carbocycles. The minimum atomic E-state index is -1.61. The molecule has 0 saturated heterocycles. The van der Waals surface area contributed by atoms with Crippen LogP contribution in [0.25, 0.3) is 0 Å². The fourth-order valence-electron chi connectivity index (χ4n) is 8.35. The molecule has 25 nitrogen and oxygen atoms in total. The van der Waals surface area contributed by atoms with Gasteiger partial charge in [-0.25, -0.2) is 9.59 Å². The van der Waals surface area contributed by atoms with Crippen molar-refractivity contribution in [2.45, 2.75) is 160 Å². The van der Waals surface area contributed by atoms with Gasteiger partial charge in [-0.3, -0.25) is 43.2 Å². The summed E-state index contributed by atoms with van der Waals surface area (Å²) < 4.78 is 21.5. The van der Waals surface area contributed by atoms with E-state index in [0.29, 0.717) is 16.7 Å². The number of ether oxygens (including phenoxy) is 4. The molecule has 11 N–H and O–H groups in total. The molecular weight excluding hydrogens is 1140 g/mol. The molecule has 9 amide bonds. The van der Waals surface area contributed by atoms with Crippen LogP contribution in [0, 0.1) is 0 Å². The smallest absolute Gasteiger partial charge is 0.408 e. The Bertz CT molecular complexity index is 2940. The third kappa shape index (κ3) is 29.5. The van der Waals surface area contributed by atoms with Crippen molar-refractivity contribution < 1.29 is 76.8 Å². The number of nitrogens with two attached hydrogens (primary N) is 1. The Hall–Kier alpha value is -9.55. The topological polar surface area (TPSA) is 367 Å². The quantitative estimate of drug-likeness (QED) is 0.0180. The highest BCUT2D eigenvalue weighted by atomic mass is 16.6. The molecule has 0 aliphatic heterocycles. The van der Waals surface area contributed by atoms with Gasteiger partial charge < -0.3 is 72.3 Å². The first-order valence-electron chi connectivity index (χ1n) is 28.9. The van der Waals surface area contributed by atoms with Crippen LogP contribution in [0.15, 0.2) is 115 Å². The number of alkyl carbamates (subject to hydrolysis) is 2. The first kappa shape index (κ1) is 70.9. The van der Waals surface area contributed by atoms with E-state index in [9.17, 15) is 57.8 Å². The van der Waals surface area contributed by atoms with E-state index >= 15 is 0 Å². The Kier molecular flexibility index (Phi) is 29.4. The van der Waals surface area contributed by atoms with Gasteiger partial charge in [-0.2, -0.15) is 0 Å². The summed E-state index contributed by atoms with van der Waals surface area (Å²) in [5, 5.41) is 30.5. The number of rotatable bonds is 34. The average molecular weight is 1220 g/mol. The van der Waals surface area contributed by atoms with E-state index in [4.69, 9.17) is 24.7 Å². The molecule has 0 spiro atoms. The Morgan fingerprint density at radius 2 is 0.875 bits per heavy atom. The van der Waals surface area contributed by atoms with Crippen molar-refractivity contribution in [2.75, 3.05) is 19.6 Å². The molecule has 0 unspecified atom stereocenters. The van der Waals surface area contributed by atoms with Crippen LogP contribution in [0.1, 0.15) is 115 Å². The molecule has 5 atom stereocenters. The molecule has 0 fully saturated rings. The highest BCUT2D eigenvalue weighted by Crippen LogP contribution is 2.15. The number of carbonyl (C=O) groups is 11. The summed E-state index contributed by atoms with van der Waals surface area (Å²) in [6, 6.07) is 25.5. The first-order valence-corrected chi connectivity index (χ1v) is 28.9. The van der Waals surface area contributed by atoms with Gasteiger partial charge in [0.1, 0.15) is 66.9 Å². The van der Waals surface area contributed by atoms with E-state index in [1.54, 1.807) is 145 Å². The number of benzene rings is 4. The van der Waals surface area contributed by atoms with Crippen molar-refractivity contribution >= 4 is 65.5 Å². The van der Waals surface area contributed by atoms with E-state index < -0.39 is 120 Å². The lowest BCUT2D eigenvalue weighted by Crippen LogP contribution is -2.57. The number of primary amides is 1. The molecular formula is C63H83N9O16. The second kappa shape index (κ2) is 36.4. The van der Waals surface area contributed by atoms with Crippen LogP contribution < -0.4 is 48.3 Å². The fraction of sp³-hybridized carbons (Fsp3) is 0.444. The van der Waals surface area contributed by atoms with Crippen molar-refractivity contribution in [3.05, 3.63) is 138 Å². The van der Waals surface area contributed by atoms with Crippen LogP contribution >= 0.6 is 0 Å². The predicted molar refractivity (Wildman–Crippen MR) is 322 cm³/mol. The molecule has 4 rings (SSSR count). The number of phenols is 1. The van der Waals surface area contributed by atoms with Gasteiger partial charge in [0.15, 0.2) is 0 Å². The number of hydrogen-bond donors (Lipinski definition) is 10. The van der Waals surface area contributed by atoms with Gasteiger partial charge in [-0.15, -0.1) is 0 Å². The number of hydrogen-bond acceptors (Lipinski definition) is 16. The highest BCUT2D eigenvalue weighted by molar-refractivity contribution is 5.96. The van der Waals surface area contributed by atoms with E-state index in [1.807, 2.05) is 0 Å². The van der Waals surface area contributed by atoms with Gasteiger partial charge in [0, 0.05) is 38.8 Å². The normalized spacial score (nSPS) is 12.8. The van der Waals surface area contributed by atoms with Gasteiger partial charge in [0.05, 0.1) is 6.42 Å². The van der Waals surface area contributed by atoms with Crippen molar-refractivity contribution in [3.8, 4) is 5.75 Å². The van der Waals surface area contributed by atoms with Crippen molar-refractivity contribution in [3.63, 3.8) is 0 Å². The van der Waals surface area contributed by atoms with Crippen LogP contribution in [0.5, 0.6) is 5.75 Å². The maximum Gasteiger partial charge on any atom is 0.408 e. The number of phenolic OH excluding ortho intramolecular Hbond substituents is 1. The Morgan fingerprint density at radius 3 is 1.40 bits per heavy atom. The van der Waals surface area contributed by atoms with Gasteiger partial charge >= 0.3 is 24.1 Å². The SMILES string of the molecule is CC(C)(C)OC(=O)C[C@H](NC(=O)[C@H](CCCNC(=O)CCCC(=O)NCCC[C@H](NC(=O)[C@H](Cc1ccc(O)cc1)NC(=O)OC(C)(C)C)C(=O)NCC(=O)OCc1ccccc1)NC(=O)OCc1ccccc1)C(=O)N[C@@H](Cc1ccccc1)C(N)=O. The van der Waals surface area contributed by atoms with Gasteiger partial charge in [0.25, 0.3) is 0 Å². The zero-order valence-corrected chi connectivity index (χ0v) is 50.6. The van der Waals surface area contributed by atoms with E-state index in [1.165, 1.54) is 12.1 Å². The van der Waals surface area contributed by atoms with Crippen molar-refractivity contribution in [1.82, 2.24) is 42.5 Å². The fourth-order valence-corrected chi connectivity index (χ4v) is 8.35. The second-order valence-corrected chi connectivity index (χ2v) is 22.6. The van der Waals surface area contributed by atoms with E-state index in [2.05, 4.69) is 42.5 Å². The van der Waals surface area contributed by atoms with Crippen molar-refractivity contribution in [1.29, 1.82) is 0 Å². The van der Waals surface area contributed by atoms with Crippen LogP contribution in [-0.2, 0) is 88.2 Å². The third-order valence-electron chi connectivity index (χ3n) is 12.6. The van der Waals surface area contributed by atoms with Gasteiger partial charge in [0.2, 0.25) is 41.4 Å². The minimum absolute atomic E-state index is 0.00534. The maximum atomic E-state index is 14.0. The number of amides is 9.